The highest BCUT2D eigenvalue weighted by Gasteiger charge is 2.21. The maximum atomic E-state index is 5.21. The Morgan fingerprint density at radius 2 is 2.31 bits per heavy atom. The van der Waals surface area contributed by atoms with Gasteiger partial charge in [-0.2, -0.15) is 0 Å². The molecule has 0 spiro atoms. The number of hydrogen-bond acceptors (Lipinski definition) is 3. The minimum atomic E-state index is 0.669. The quantitative estimate of drug-likeness (QED) is 0.685. The van der Waals surface area contributed by atoms with E-state index in [0.717, 1.165) is 19.1 Å². The van der Waals surface area contributed by atoms with E-state index < -0.39 is 0 Å². The molecule has 0 radical (unpaired) electrons. The zero-order chi connectivity index (χ0) is 11.8. The molecule has 0 aliphatic carbocycles. The molecule has 0 aromatic heterocycles. The molecule has 0 amide bonds. The molecule has 1 N–H and O–H groups in total. The summed E-state index contributed by atoms with van der Waals surface area (Å²) in [4.78, 5) is 2.55. The standard InChI is InChI=1S/C13H28N2O/c1-4-5-12(2)14-7-9-15-8-6-13(10-15)11-16-3/h12-14H,4-11H2,1-3H3. The average Bonchev–Trinajstić information content (AvgIpc) is 2.67. The van der Waals surface area contributed by atoms with E-state index in [1.165, 1.54) is 38.9 Å². The first-order valence-corrected chi connectivity index (χ1v) is 6.71. The molecule has 1 heterocycles. The molecule has 1 saturated heterocycles. The van der Waals surface area contributed by atoms with E-state index >= 15 is 0 Å². The van der Waals surface area contributed by atoms with Crippen molar-refractivity contribution >= 4 is 0 Å². The fraction of sp³-hybridized carbons (Fsp3) is 1.00. The second-order valence-corrected chi connectivity index (χ2v) is 5.05. The van der Waals surface area contributed by atoms with Crippen molar-refractivity contribution in [1.29, 1.82) is 0 Å². The van der Waals surface area contributed by atoms with Crippen LogP contribution in [0.5, 0.6) is 0 Å². The van der Waals surface area contributed by atoms with E-state index in [9.17, 15) is 0 Å². The fourth-order valence-electron chi connectivity index (χ4n) is 2.49. The van der Waals surface area contributed by atoms with Gasteiger partial charge in [-0.15, -0.1) is 0 Å². The number of rotatable bonds is 8. The summed E-state index contributed by atoms with van der Waals surface area (Å²) in [6.07, 6.45) is 3.86. The van der Waals surface area contributed by atoms with Crippen LogP contribution in [0.25, 0.3) is 0 Å². The van der Waals surface area contributed by atoms with Gasteiger partial charge in [-0.1, -0.05) is 13.3 Å². The Bertz CT molecular complexity index is 175. The first-order valence-electron chi connectivity index (χ1n) is 6.71. The molecule has 2 unspecified atom stereocenters. The Hall–Kier alpha value is -0.120. The molecular formula is C13H28N2O. The molecular weight excluding hydrogens is 200 g/mol. The van der Waals surface area contributed by atoms with Crippen LogP contribution < -0.4 is 5.32 Å². The van der Waals surface area contributed by atoms with Crippen molar-refractivity contribution in [3.63, 3.8) is 0 Å². The normalized spacial score (nSPS) is 23.8. The lowest BCUT2D eigenvalue weighted by Gasteiger charge is -2.18. The molecule has 1 aliphatic rings. The summed E-state index contributed by atoms with van der Waals surface area (Å²) >= 11 is 0. The van der Waals surface area contributed by atoms with Gasteiger partial charge in [0.15, 0.2) is 0 Å². The number of ether oxygens (including phenoxy) is 1. The number of hydrogen-bond donors (Lipinski definition) is 1. The molecule has 0 aromatic carbocycles. The molecule has 1 aliphatic heterocycles. The van der Waals surface area contributed by atoms with Gasteiger partial charge >= 0.3 is 0 Å². The molecule has 16 heavy (non-hydrogen) atoms. The third kappa shape index (κ3) is 5.28. The van der Waals surface area contributed by atoms with E-state index in [0.29, 0.717) is 6.04 Å². The lowest BCUT2D eigenvalue weighted by atomic mass is 10.1. The van der Waals surface area contributed by atoms with E-state index in [1.807, 2.05) is 0 Å². The molecule has 2 atom stereocenters. The minimum Gasteiger partial charge on any atom is -0.384 e. The van der Waals surface area contributed by atoms with Crippen LogP contribution >= 0.6 is 0 Å². The number of nitrogens with zero attached hydrogens (tertiary/aromatic N) is 1. The Balaban J connectivity index is 2.02. The van der Waals surface area contributed by atoms with Crippen molar-refractivity contribution in [1.82, 2.24) is 10.2 Å². The van der Waals surface area contributed by atoms with Crippen LogP contribution in [-0.4, -0.2) is 50.8 Å². The minimum absolute atomic E-state index is 0.669. The number of likely N-dealkylation sites (tertiary alicyclic amines) is 1. The molecule has 1 rings (SSSR count). The maximum absolute atomic E-state index is 5.21. The highest BCUT2D eigenvalue weighted by molar-refractivity contribution is 4.76. The Kier molecular flexibility index (Phi) is 7.01. The lowest BCUT2D eigenvalue weighted by Crippen LogP contribution is -2.35. The van der Waals surface area contributed by atoms with Crippen LogP contribution in [0.3, 0.4) is 0 Å². The molecule has 96 valence electrons. The third-order valence-electron chi connectivity index (χ3n) is 3.41. The van der Waals surface area contributed by atoms with Crippen LogP contribution in [0.1, 0.15) is 33.1 Å². The molecule has 0 aromatic rings. The van der Waals surface area contributed by atoms with Crippen LogP contribution in [0.4, 0.5) is 0 Å². The molecule has 0 bridgehead atoms. The SMILES string of the molecule is CCCC(C)NCCN1CCC(COC)C1. The summed E-state index contributed by atoms with van der Waals surface area (Å²) in [5.41, 5.74) is 0. The van der Waals surface area contributed by atoms with Gasteiger partial charge in [-0.25, -0.2) is 0 Å². The largest absolute Gasteiger partial charge is 0.384 e. The highest BCUT2D eigenvalue weighted by atomic mass is 16.5. The fourth-order valence-corrected chi connectivity index (χ4v) is 2.49. The van der Waals surface area contributed by atoms with Gasteiger partial charge in [0, 0.05) is 32.8 Å². The second-order valence-electron chi connectivity index (χ2n) is 5.05. The number of nitrogens with one attached hydrogen (secondary N) is 1. The monoisotopic (exact) mass is 228 g/mol. The van der Waals surface area contributed by atoms with Crippen molar-refractivity contribution in [3.05, 3.63) is 0 Å². The van der Waals surface area contributed by atoms with Crippen molar-refractivity contribution < 1.29 is 4.74 Å². The molecule has 1 fully saturated rings. The second kappa shape index (κ2) is 8.04. The molecule has 3 heteroatoms. The summed E-state index contributed by atoms with van der Waals surface area (Å²) in [5, 5.41) is 3.58. The first-order chi connectivity index (χ1) is 7.76. The Morgan fingerprint density at radius 3 is 3.00 bits per heavy atom. The van der Waals surface area contributed by atoms with Crippen molar-refractivity contribution in [3.8, 4) is 0 Å². The van der Waals surface area contributed by atoms with Crippen molar-refractivity contribution in [2.24, 2.45) is 5.92 Å². The van der Waals surface area contributed by atoms with Gasteiger partial charge in [0.1, 0.15) is 0 Å². The molecule has 3 nitrogen and oxygen atoms in total. The zero-order valence-electron chi connectivity index (χ0n) is 11.2. The van der Waals surface area contributed by atoms with E-state index in [2.05, 4.69) is 24.1 Å². The van der Waals surface area contributed by atoms with Gasteiger partial charge < -0.3 is 15.0 Å². The van der Waals surface area contributed by atoms with Crippen molar-refractivity contribution in [2.45, 2.75) is 39.2 Å². The predicted octanol–water partition coefficient (Wildman–Crippen LogP) is 1.73. The van der Waals surface area contributed by atoms with Crippen LogP contribution in [0, 0.1) is 5.92 Å². The van der Waals surface area contributed by atoms with Gasteiger partial charge in [-0.3, -0.25) is 0 Å². The predicted molar refractivity (Wildman–Crippen MR) is 68.8 cm³/mol. The summed E-state index contributed by atoms with van der Waals surface area (Å²) in [7, 11) is 1.80. The summed E-state index contributed by atoms with van der Waals surface area (Å²) in [6.45, 7) is 10.2. The third-order valence-corrected chi connectivity index (χ3v) is 3.41. The highest BCUT2D eigenvalue weighted by Crippen LogP contribution is 2.15. The van der Waals surface area contributed by atoms with Crippen LogP contribution in [-0.2, 0) is 4.74 Å². The maximum Gasteiger partial charge on any atom is 0.0503 e. The topological polar surface area (TPSA) is 24.5 Å². The van der Waals surface area contributed by atoms with Gasteiger partial charge in [0.05, 0.1) is 6.61 Å². The Labute approximate surface area is 101 Å². The summed E-state index contributed by atoms with van der Waals surface area (Å²) in [6, 6.07) is 0.669. The number of methoxy groups -OCH3 is 1. The van der Waals surface area contributed by atoms with Gasteiger partial charge in [-0.05, 0) is 32.2 Å². The van der Waals surface area contributed by atoms with E-state index in [-0.39, 0.29) is 0 Å². The Morgan fingerprint density at radius 1 is 1.50 bits per heavy atom. The van der Waals surface area contributed by atoms with Crippen LogP contribution in [0.15, 0.2) is 0 Å². The van der Waals surface area contributed by atoms with Crippen molar-refractivity contribution in [2.75, 3.05) is 39.9 Å². The smallest absolute Gasteiger partial charge is 0.0503 e. The molecule has 0 saturated carbocycles. The lowest BCUT2D eigenvalue weighted by molar-refractivity contribution is 0.153. The summed E-state index contributed by atoms with van der Waals surface area (Å²) < 4.78 is 5.21. The van der Waals surface area contributed by atoms with Crippen LogP contribution in [0.2, 0.25) is 0 Å². The van der Waals surface area contributed by atoms with E-state index in [4.69, 9.17) is 4.74 Å². The first kappa shape index (κ1) is 13.9. The summed E-state index contributed by atoms with van der Waals surface area (Å²) in [5.74, 6) is 0.762. The van der Waals surface area contributed by atoms with Gasteiger partial charge in [0.25, 0.3) is 0 Å². The zero-order valence-corrected chi connectivity index (χ0v) is 11.2. The average molecular weight is 228 g/mol. The van der Waals surface area contributed by atoms with E-state index in [1.54, 1.807) is 7.11 Å². The van der Waals surface area contributed by atoms with Gasteiger partial charge in [0.2, 0.25) is 0 Å².